The number of nitrogens with zero attached hydrogens (tertiary/aromatic N) is 3. The van der Waals surface area contributed by atoms with Crippen LogP contribution in [0.1, 0.15) is 18.2 Å². The van der Waals surface area contributed by atoms with Crippen LogP contribution in [0.25, 0.3) is 0 Å². The smallest absolute Gasteiger partial charge is 0.274 e. The van der Waals surface area contributed by atoms with E-state index in [-0.39, 0.29) is 11.5 Å². The molecule has 1 aliphatic rings. The van der Waals surface area contributed by atoms with Gasteiger partial charge in [-0.15, -0.1) is 10.2 Å². The molecule has 0 fully saturated rings. The van der Waals surface area contributed by atoms with Gasteiger partial charge in [-0.3, -0.25) is 9.78 Å². The molecular weight excluding hydrogens is 286 g/mol. The fraction of sp³-hybridized carbons (Fsp3) is 0.286. The second-order valence-electron chi connectivity index (χ2n) is 4.76. The summed E-state index contributed by atoms with van der Waals surface area (Å²) in [5.74, 6) is 1.61. The predicted octanol–water partition coefficient (Wildman–Crippen LogP) is 1.08. The summed E-state index contributed by atoms with van der Waals surface area (Å²) in [6.07, 6.45) is 0. The topological polar surface area (TPSA) is 101 Å². The molecule has 0 spiro atoms. The Morgan fingerprint density at radius 3 is 2.82 bits per heavy atom. The van der Waals surface area contributed by atoms with E-state index in [0.29, 0.717) is 30.4 Å². The molecule has 0 amide bonds. The van der Waals surface area contributed by atoms with E-state index in [9.17, 15) is 4.79 Å². The van der Waals surface area contributed by atoms with Gasteiger partial charge >= 0.3 is 0 Å². The molecule has 0 radical (unpaired) electrons. The Bertz CT molecular complexity index is 784. The summed E-state index contributed by atoms with van der Waals surface area (Å²) in [6.45, 7) is 4.50. The molecule has 0 saturated heterocycles. The van der Waals surface area contributed by atoms with Crippen molar-refractivity contribution in [3.8, 4) is 11.5 Å². The van der Waals surface area contributed by atoms with Crippen molar-refractivity contribution in [2.75, 3.05) is 18.6 Å². The number of benzene rings is 1. The average Bonchev–Trinajstić information content (AvgIpc) is 2.55. The van der Waals surface area contributed by atoms with Crippen LogP contribution in [0, 0.1) is 6.92 Å². The third kappa shape index (κ3) is 2.90. The van der Waals surface area contributed by atoms with Gasteiger partial charge in [0.05, 0.1) is 5.71 Å². The van der Waals surface area contributed by atoms with E-state index < -0.39 is 0 Å². The predicted molar refractivity (Wildman–Crippen MR) is 80.7 cm³/mol. The van der Waals surface area contributed by atoms with Crippen LogP contribution in [0.4, 0.5) is 5.95 Å². The maximum atomic E-state index is 11.4. The first-order valence-corrected chi connectivity index (χ1v) is 6.77. The third-order valence-electron chi connectivity index (χ3n) is 3.15. The number of hydrogen-bond acceptors (Lipinski definition) is 7. The number of fused-ring (bicyclic) bond motifs is 1. The number of hydrogen-bond donors (Lipinski definition) is 2. The molecule has 2 aromatic rings. The van der Waals surface area contributed by atoms with Gasteiger partial charge in [-0.05, 0) is 32.0 Å². The van der Waals surface area contributed by atoms with E-state index in [2.05, 4.69) is 25.7 Å². The fourth-order valence-electron chi connectivity index (χ4n) is 1.91. The zero-order valence-corrected chi connectivity index (χ0v) is 12.2. The summed E-state index contributed by atoms with van der Waals surface area (Å²) in [5, 5.41) is 11.7. The first-order valence-electron chi connectivity index (χ1n) is 6.77. The highest BCUT2D eigenvalue weighted by molar-refractivity contribution is 5.99. The van der Waals surface area contributed by atoms with Crippen molar-refractivity contribution in [1.29, 1.82) is 0 Å². The minimum absolute atomic E-state index is 0.187. The highest BCUT2D eigenvalue weighted by Crippen LogP contribution is 2.30. The van der Waals surface area contributed by atoms with Gasteiger partial charge in [0.25, 0.3) is 5.56 Å². The van der Waals surface area contributed by atoms with Gasteiger partial charge in [-0.2, -0.15) is 5.10 Å². The maximum absolute atomic E-state index is 11.4. The number of hydrazone groups is 1. The van der Waals surface area contributed by atoms with Crippen molar-refractivity contribution >= 4 is 11.7 Å². The zero-order chi connectivity index (χ0) is 15.5. The lowest BCUT2D eigenvalue weighted by Crippen LogP contribution is -2.16. The molecule has 0 bridgehead atoms. The van der Waals surface area contributed by atoms with E-state index >= 15 is 0 Å². The highest BCUT2D eigenvalue weighted by atomic mass is 16.6. The largest absolute Gasteiger partial charge is 0.486 e. The van der Waals surface area contributed by atoms with Crippen LogP contribution in [0.5, 0.6) is 11.5 Å². The second kappa shape index (κ2) is 5.84. The molecule has 8 heteroatoms. The number of nitrogens with one attached hydrogen (secondary N) is 2. The molecule has 8 nitrogen and oxygen atoms in total. The quantitative estimate of drug-likeness (QED) is 0.650. The van der Waals surface area contributed by atoms with E-state index in [1.807, 2.05) is 25.1 Å². The van der Waals surface area contributed by atoms with Crippen molar-refractivity contribution < 1.29 is 9.47 Å². The van der Waals surface area contributed by atoms with E-state index in [0.717, 1.165) is 11.3 Å². The molecule has 2 heterocycles. The van der Waals surface area contributed by atoms with Gasteiger partial charge in [0.15, 0.2) is 11.5 Å². The van der Waals surface area contributed by atoms with Crippen LogP contribution in [0.2, 0.25) is 0 Å². The van der Waals surface area contributed by atoms with Crippen molar-refractivity contribution in [2.45, 2.75) is 13.8 Å². The van der Waals surface area contributed by atoms with Crippen molar-refractivity contribution in [3.05, 3.63) is 39.8 Å². The number of aromatic amines is 1. The fourth-order valence-corrected chi connectivity index (χ4v) is 1.91. The van der Waals surface area contributed by atoms with Gasteiger partial charge < -0.3 is 9.47 Å². The Balaban J connectivity index is 1.79. The molecular formula is C14H15N5O3. The first kappa shape index (κ1) is 14.1. The van der Waals surface area contributed by atoms with Crippen molar-refractivity contribution in [3.63, 3.8) is 0 Å². The van der Waals surface area contributed by atoms with E-state index in [1.54, 1.807) is 6.92 Å². The molecule has 1 aliphatic heterocycles. The van der Waals surface area contributed by atoms with Gasteiger partial charge in [0.1, 0.15) is 18.9 Å². The summed E-state index contributed by atoms with van der Waals surface area (Å²) < 4.78 is 11.0. The standard InChI is InChI=1S/C14H15N5O3/c1-8(16-18-14-15-13(20)9(2)17-19-14)10-3-4-11-12(7-10)22-6-5-21-11/h3-4,7H,5-6H2,1-2H3,(H2,15,18,19,20)/b16-8+. The summed E-state index contributed by atoms with van der Waals surface area (Å²) in [5.41, 5.74) is 4.26. The first-order chi connectivity index (χ1) is 10.6. The maximum Gasteiger partial charge on any atom is 0.274 e. The van der Waals surface area contributed by atoms with E-state index in [1.165, 1.54) is 0 Å². The molecule has 0 saturated carbocycles. The summed E-state index contributed by atoms with van der Waals surface area (Å²) in [7, 11) is 0. The molecule has 1 aromatic heterocycles. The van der Waals surface area contributed by atoms with Crippen molar-refractivity contribution in [2.24, 2.45) is 5.10 Å². The van der Waals surface area contributed by atoms with Crippen LogP contribution in [0.15, 0.2) is 28.1 Å². The third-order valence-corrected chi connectivity index (χ3v) is 3.15. The summed E-state index contributed by atoms with van der Waals surface area (Å²) in [4.78, 5) is 14.0. The molecule has 22 heavy (non-hydrogen) atoms. The molecule has 0 aliphatic carbocycles. The van der Waals surface area contributed by atoms with E-state index in [4.69, 9.17) is 9.47 Å². The molecule has 2 N–H and O–H groups in total. The lowest BCUT2D eigenvalue weighted by atomic mass is 10.1. The normalized spacial score (nSPS) is 13.8. The molecule has 0 unspecified atom stereocenters. The molecule has 1 aromatic carbocycles. The number of H-pyrrole nitrogens is 1. The average molecular weight is 301 g/mol. The monoisotopic (exact) mass is 301 g/mol. The number of aromatic nitrogens is 3. The number of rotatable bonds is 3. The number of anilines is 1. The zero-order valence-electron chi connectivity index (χ0n) is 12.2. The molecule has 0 atom stereocenters. The minimum atomic E-state index is -0.301. The number of aryl methyl sites for hydroxylation is 1. The highest BCUT2D eigenvalue weighted by Gasteiger charge is 2.12. The Morgan fingerprint density at radius 1 is 1.27 bits per heavy atom. The van der Waals surface area contributed by atoms with Crippen LogP contribution in [-0.2, 0) is 0 Å². The van der Waals surface area contributed by atoms with Gasteiger partial charge in [0, 0.05) is 5.56 Å². The second-order valence-corrected chi connectivity index (χ2v) is 4.76. The lowest BCUT2D eigenvalue weighted by molar-refractivity contribution is 0.171. The van der Waals surface area contributed by atoms with Crippen LogP contribution in [-0.4, -0.2) is 34.1 Å². The Hall–Kier alpha value is -2.90. The Morgan fingerprint density at radius 2 is 2.05 bits per heavy atom. The van der Waals surface area contributed by atoms with Crippen LogP contribution in [0.3, 0.4) is 0 Å². The summed E-state index contributed by atoms with van der Waals surface area (Å²) >= 11 is 0. The van der Waals surface area contributed by atoms with Crippen LogP contribution < -0.4 is 20.5 Å². The van der Waals surface area contributed by atoms with Gasteiger partial charge in [-0.25, -0.2) is 5.43 Å². The number of ether oxygens (including phenoxy) is 2. The Kier molecular flexibility index (Phi) is 3.73. The van der Waals surface area contributed by atoms with Gasteiger partial charge in [-0.1, -0.05) is 0 Å². The Labute approximate surface area is 126 Å². The van der Waals surface area contributed by atoms with Gasteiger partial charge in [0.2, 0.25) is 5.95 Å². The molecule has 3 rings (SSSR count). The van der Waals surface area contributed by atoms with Crippen molar-refractivity contribution in [1.82, 2.24) is 15.2 Å². The lowest BCUT2D eigenvalue weighted by Gasteiger charge is -2.18. The SMILES string of the molecule is C/C(=N\Nc1nnc(C)c(=O)[nH]1)c1ccc2c(c1)OCCO2. The molecule has 114 valence electrons. The van der Waals surface area contributed by atoms with Crippen LogP contribution >= 0.6 is 0 Å². The summed E-state index contributed by atoms with van der Waals surface area (Å²) in [6, 6.07) is 5.59. The minimum Gasteiger partial charge on any atom is -0.486 e.